The van der Waals surface area contributed by atoms with Gasteiger partial charge >= 0.3 is 6.03 Å². The molecule has 1 saturated carbocycles. The van der Waals surface area contributed by atoms with Gasteiger partial charge in [-0.25, -0.2) is 4.79 Å². The van der Waals surface area contributed by atoms with Gasteiger partial charge < -0.3 is 10.6 Å². The van der Waals surface area contributed by atoms with E-state index in [1.54, 1.807) is 11.3 Å². The molecule has 2 N–H and O–H groups in total. The largest absolute Gasteiger partial charge is 0.335 e. The number of nitrogens with one attached hydrogen (secondary N) is 2. The van der Waals surface area contributed by atoms with Crippen LogP contribution in [-0.2, 0) is 0 Å². The van der Waals surface area contributed by atoms with Crippen LogP contribution in [0.5, 0.6) is 0 Å². The van der Waals surface area contributed by atoms with Crippen LogP contribution in [0.1, 0.15) is 49.9 Å². The SMILES string of the molecule is CCCC(NC(=O)NC1CCC1)c1cccs1. The molecule has 17 heavy (non-hydrogen) atoms. The van der Waals surface area contributed by atoms with Gasteiger partial charge in [-0.3, -0.25) is 0 Å². The molecule has 1 aromatic heterocycles. The summed E-state index contributed by atoms with van der Waals surface area (Å²) in [5.74, 6) is 0. The molecule has 3 nitrogen and oxygen atoms in total. The fourth-order valence-corrected chi connectivity index (χ4v) is 2.81. The Bertz CT molecular complexity index is 346. The van der Waals surface area contributed by atoms with Gasteiger partial charge in [-0.2, -0.15) is 0 Å². The monoisotopic (exact) mass is 252 g/mol. The topological polar surface area (TPSA) is 41.1 Å². The van der Waals surface area contributed by atoms with Gasteiger partial charge in [0.25, 0.3) is 0 Å². The molecule has 4 heteroatoms. The van der Waals surface area contributed by atoms with Gasteiger partial charge in [-0.1, -0.05) is 19.4 Å². The zero-order chi connectivity index (χ0) is 12.1. The fraction of sp³-hybridized carbons (Fsp3) is 0.615. The average molecular weight is 252 g/mol. The van der Waals surface area contributed by atoms with Crippen molar-refractivity contribution >= 4 is 17.4 Å². The molecule has 1 aliphatic carbocycles. The Morgan fingerprint density at radius 3 is 2.94 bits per heavy atom. The Morgan fingerprint density at radius 1 is 1.59 bits per heavy atom. The molecule has 0 aromatic carbocycles. The van der Waals surface area contributed by atoms with Gasteiger partial charge in [0.1, 0.15) is 0 Å². The molecular weight excluding hydrogens is 232 g/mol. The summed E-state index contributed by atoms with van der Waals surface area (Å²) in [4.78, 5) is 13.1. The van der Waals surface area contributed by atoms with Gasteiger partial charge in [0.2, 0.25) is 0 Å². The molecule has 2 amide bonds. The maximum atomic E-state index is 11.8. The van der Waals surface area contributed by atoms with E-state index >= 15 is 0 Å². The number of amides is 2. The second kappa shape index (κ2) is 6.05. The first kappa shape index (κ1) is 12.4. The highest BCUT2D eigenvalue weighted by atomic mass is 32.1. The van der Waals surface area contributed by atoms with E-state index < -0.39 is 0 Å². The van der Waals surface area contributed by atoms with Crippen LogP contribution in [0.4, 0.5) is 4.79 Å². The van der Waals surface area contributed by atoms with E-state index in [0.29, 0.717) is 6.04 Å². The summed E-state index contributed by atoms with van der Waals surface area (Å²) in [6, 6.07) is 4.69. The Balaban J connectivity index is 1.86. The van der Waals surface area contributed by atoms with Crippen molar-refractivity contribution < 1.29 is 4.79 Å². The molecule has 0 saturated heterocycles. The normalized spacial score (nSPS) is 17.2. The van der Waals surface area contributed by atoms with E-state index in [-0.39, 0.29) is 12.1 Å². The zero-order valence-electron chi connectivity index (χ0n) is 10.2. The van der Waals surface area contributed by atoms with Gasteiger partial charge in [0.05, 0.1) is 6.04 Å². The van der Waals surface area contributed by atoms with Crippen LogP contribution in [0.25, 0.3) is 0 Å². The molecule has 0 radical (unpaired) electrons. The van der Waals surface area contributed by atoms with Crippen LogP contribution in [0.3, 0.4) is 0 Å². The highest BCUT2D eigenvalue weighted by Crippen LogP contribution is 2.23. The van der Waals surface area contributed by atoms with Crippen LogP contribution in [-0.4, -0.2) is 12.1 Å². The van der Waals surface area contributed by atoms with E-state index in [9.17, 15) is 4.79 Å². The molecule has 1 fully saturated rings. The highest BCUT2D eigenvalue weighted by molar-refractivity contribution is 7.10. The molecule has 94 valence electrons. The number of urea groups is 1. The summed E-state index contributed by atoms with van der Waals surface area (Å²) >= 11 is 1.71. The minimum absolute atomic E-state index is 0.0125. The molecule has 1 aromatic rings. The van der Waals surface area contributed by atoms with E-state index in [2.05, 4.69) is 29.0 Å². The minimum Gasteiger partial charge on any atom is -0.335 e. The van der Waals surface area contributed by atoms with Crippen LogP contribution in [0, 0.1) is 0 Å². The van der Waals surface area contributed by atoms with Crippen LogP contribution in [0.2, 0.25) is 0 Å². The van der Waals surface area contributed by atoms with Crippen molar-refractivity contribution in [3.05, 3.63) is 22.4 Å². The lowest BCUT2D eigenvalue weighted by Gasteiger charge is -2.27. The van der Waals surface area contributed by atoms with Crippen molar-refractivity contribution in [3.63, 3.8) is 0 Å². The van der Waals surface area contributed by atoms with Crippen molar-refractivity contribution in [2.75, 3.05) is 0 Å². The van der Waals surface area contributed by atoms with Gasteiger partial charge in [0.15, 0.2) is 0 Å². The first-order valence-electron chi connectivity index (χ1n) is 6.40. The number of hydrogen-bond donors (Lipinski definition) is 2. The summed E-state index contributed by atoms with van der Waals surface area (Å²) in [7, 11) is 0. The molecule has 2 rings (SSSR count). The third-order valence-corrected chi connectivity index (χ3v) is 4.20. The van der Waals surface area contributed by atoms with Crippen LogP contribution in [0.15, 0.2) is 17.5 Å². The van der Waals surface area contributed by atoms with Crippen molar-refractivity contribution in [2.45, 2.75) is 51.1 Å². The molecule has 1 unspecified atom stereocenters. The minimum atomic E-state index is -0.0125. The van der Waals surface area contributed by atoms with Crippen molar-refractivity contribution in [2.24, 2.45) is 0 Å². The summed E-state index contributed by atoms with van der Waals surface area (Å²) in [5.41, 5.74) is 0. The third-order valence-electron chi connectivity index (χ3n) is 3.21. The van der Waals surface area contributed by atoms with E-state index in [1.807, 2.05) is 6.07 Å². The second-order valence-corrected chi connectivity index (χ2v) is 5.58. The van der Waals surface area contributed by atoms with Crippen LogP contribution < -0.4 is 10.6 Å². The van der Waals surface area contributed by atoms with Crippen molar-refractivity contribution in [1.29, 1.82) is 0 Å². The second-order valence-electron chi connectivity index (χ2n) is 4.60. The quantitative estimate of drug-likeness (QED) is 0.828. The number of thiophene rings is 1. The van der Waals surface area contributed by atoms with E-state index in [1.165, 1.54) is 11.3 Å². The average Bonchev–Trinajstić information content (AvgIpc) is 2.76. The summed E-state index contributed by atoms with van der Waals surface area (Å²) < 4.78 is 0. The maximum absolute atomic E-state index is 11.8. The van der Waals surface area contributed by atoms with Crippen molar-refractivity contribution in [3.8, 4) is 0 Å². The predicted molar refractivity (Wildman–Crippen MR) is 71.3 cm³/mol. The van der Waals surface area contributed by atoms with Gasteiger partial charge in [0, 0.05) is 10.9 Å². The Kier molecular flexibility index (Phi) is 4.42. The van der Waals surface area contributed by atoms with Crippen LogP contribution >= 0.6 is 11.3 Å². The number of carbonyl (C=O) groups excluding carboxylic acids is 1. The Morgan fingerprint density at radius 2 is 2.41 bits per heavy atom. The molecular formula is C13H20N2OS. The number of rotatable bonds is 5. The number of hydrogen-bond acceptors (Lipinski definition) is 2. The summed E-state index contributed by atoms with van der Waals surface area (Å²) in [6.45, 7) is 2.14. The molecule has 0 bridgehead atoms. The summed E-state index contributed by atoms with van der Waals surface area (Å²) in [5, 5.41) is 8.16. The predicted octanol–water partition coefficient (Wildman–Crippen LogP) is 3.44. The summed E-state index contributed by atoms with van der Waals surface area (Å²) in [6.07, 6.45) is 5.58. The molecule has 1 atom stereocenters. The molecule has 0 spiro atoms. The third kappa shape index (κ3) is 3.46. The van der Waals surface area contributed by atoms with E-state index in [4.69, 9.17) is 0 Å². The first-order valence-corrected chi connectivity index (χ1v) is 7.28. The standard InChI is InChI=1S/C13H20N2OS/c1-2-5-11(12-8-4-9-17-12)15-13(16)14-10-6-3-7-10/h4,8-11H,2-3,5-7H2,1H3,(H2,14,15,16). The Hall–Kier alpha value is -1.03. The fourth-order valence-electron chi connectivity index (χ4n) is 2.00. The van der Waals surface area contributed by atoms with E-state index in [0.717, 1.165) is 25.7 Å². The lowest BCUT2D eigenvalue weighted by atomic mass is 9.93. The maximum Gasteiger partial charge on any atom is 0.315 e. The molecule has 1 heterocycles. The van der Waals surface area contributed by atoms with Gasteiger partial charge in [-0.15, -0.1) is 11.3 Å². The lowest BCUT2D eigenvalue weighted by molar-refractivity contribution is 0.224. The first-order chi connectivity index (χ1) is 8.29. The highest BCUT2D eigenvalue weighted by Gasteiger charge is 2.21. The molecule has 1 aliphatic rings. The molecule has 0 aliphatic heterocycles. The Labute approximate surface area is 107 Å². The lowest BCUT2D eigenvalue weighted by Crippen LogP contribution is -2.46. The number of carbonyl (C=O) groups is 1. The smallest absolute Gasteiger partial charge is 0.315 e. The van der Waals surface area contributed by atoms with Crippen molar-refractivity contribution in [1.82, 2.24) is 10.6 Å². The zero-order valence-corrected chi connectivity index (χ0v) is 11.1. The van der Waals surface area contributed by atoms with Gasteiger partial charge in [-0.05, 0) is 37.1 Å².